The lowest BCUT2D eigenvalue weighted by Gasteiger charge is -2.23. The molecule has 0 unspecified atom stereocenters. The van der Waals surface area contributed by atoms with Crippen LogP contribution in [0.25, 0.3) is 10.8 Å². The third kappa shape index (κ3) is 4.28. The number of benzene rings is 3. The van der Waals surface area contributed by atoms with E-state index in [9.17, 15) is 9.59 Å². The van der Waals surface area contributed by atoms with E-state index in [1.54, 1.807) is 4.90 Å². The molecule has 0 heterocycles. The lowest BCUT2D eigenvalue weighted by molar-refractivity contribution is -0.137. The normalized spacial score (nSPS) is 10.6. The number of carbonyl (C=O) groups excluding carboxylic acids is 1. The lowest BCUT2D eigenvalue weighted by Crippen LogP contribution is -2.25. The molecule has 0 aromatic heterocycles. The van der Waals surface area contributed by atoms with Crippen LogP contribution in [0, 0.1) is 0 Å². The number of hydrogen-bond donors (Lipinski definition) is 1. The van der Waals surface area contributed by atoms with Crippen LogP contribution < -0.4 is 4.90 Å². The first kappa shape index (κ1) is 17.7. The molecule has 0 aliphatic rings. The molecule has 3 aromatic rings. The Bertz CT molecular complexity index is 905. The van der Waals surface area contributed by atoms with Gasteiger partial charge in [0, 0.05) is 24.2 Å². The van der Waals surface area contributed by atoms with Gasteiger partial charge in [-0.25, -0.2) is 0 Å². The zero-order valence-corrected chi connectivity index (χ0v) is 14.5. The molecule has 0 bridgehead atoms. The van der Waals surface area contributed by atoms with Gasteiger partial charge in [0.15, 0.2) is 0 Å². The van der Waals surface area contributed by atoms with Gasteiger partial charge in [0.25, 0.3) is 0 Å². The largest absolute Gasteiger partial charge is 0.481 e. The maximum atomic E-state index is 12.9. The maximum Gasteiger partial charge on any atom is 0.303 e. The summed E-state index contributed by atoms with van der Waals surface area (Å²) in [6.07, 6.45) is 1.47. The highest BCUT2D eigenvalue weighted by molar-refractivity contribution is 6.02. The van der Waals surface area contributed by atoms with Crippen LogP contribution >= 0.6 is 0 Å². The minimum atomic E-state index is -0.827. The van der Waals surface area contributed by atoms with E-state index in [-0.39, 0.29) is 12.3 Å². The number of nitrogens with zero attached hydrogens (tertiary/aromatic N) is 1. The van der Waals surface area contributed by atoms with Crippen molar-refractivity contribution in [3.05, 3.63) is 72.8 Å². The fraction of sp³-hybridized carbons (Fsp3) is 0.182. The van der Waals surface area contributed by atoms with Gasteiger partial charge in [0.1, 0.15) is 0 Å². The monoisotopic (exact) mass is 347 g/mol. The van der Waals surface area contributed by atoms with E-state index in [1.807, 2.05) is 72.8 Å². The van der Waals surface area contributed by atoms with E-state index in [2.05, 4.69) is 0 Å². The third-order valence-corrected chi connectivity index (χ3v) is 4.29. The van der Waals surface area contributed by atoms with Crippen molar-refractivity contribution in [2.45, 2.75) is 25.7 Å². The lowest BCUT2D eigenvalue weighted by atomic mass is 10.1. The number of anilines is 2. The number of rotatable bonds is 7. The second-order valence-electron chi connectivity index (χ2n) is 6.20. The van der Waals surface area contributed by atoms with Crippen molar-refractivity contribution in [2.24, 2.45) is 0 Å². The van der Waals surface area contributed by atoms with E-state index in [1.165, 1.54) is 0 Å². The number of fused-ring (bicyclic) bond motifs is 1. The molecule has 0 fully saturated rings. The molecule has 0 radical (unpaired) electrons. The van der Waals surface area contributed by atoms with Crippen LogP contribution in [0.15, 0.2) is 72.8 Å². The smallest absolute Gasteiger partial charge is 0.303 e. The Morgan fingerprint density at radius 2 is 1.38 bits per heavy atom. The van der Waals surface area contributed by atoms with Gasteiger partial charge in [0.2, 0.25) is 5.91 Å². The zero-order valence-electron chi connectivity index (χ0n) is 14.5. The van der Waals surface area contributed by atoms with E-state index in [0.29, 0.717) is 19.3 Å². The fourth-order valence-corrected chi connectivity index (χ4v) is 2.99. The Balaban J connectivity index is 1.87. The molecule has 1 N–H and O–H groups in total. The van der Waals surface area contributed by atoms with Crippen molar-refractivity contribution in [1.82, 2.24) is 0 Å². The highest BCUT2D eigenvalue weighted by Gasteiger charge is 2.18. The maximum absolute atomic E-state index is 12.9. The predicted octanol–water partition coefficient (Wildman–Crippen LogP) is 5.15. The molecule has 1 amide bonds. The summed E-state index contributed by atoms with van der Waals surface area (Å²) in [7, 11) is 0. The average Bonchev–Trinajstić information content (AvgIpc) is 2.66. The van der Waals surface area contributed by atoms with Crippen molar-refractivity contribution in [3.63, 3.8) is 0 Å². The number of unbranched alkanes of at least 4 members (excludes halogenated alkanes) is 1. The summed E-state index contributed by atoms with van der Waals surface area (Å²) in [5.74, 6) is -0.858. The van der Waals surface area contributed by atoms with E-state index in [0.717, 1.165) is 22.1 Å². The standard InChI is InChI=1S/C22H21NO3/c24-21(12-6-7-13-22(25)26)23(19-10-2-1-3-11-19)20-15-14-17-8-4-5-9-18(17)16-20/h1-5,8-11,14-16H,6-7,12-13H2,(H,25,26). The van der Waals surface area contributed by atoms with Crippen LogP contribution in [0.3, 0.4) is 0 Å². The average molecular weight is 347 g/mol. The van der Waals surface area contributed by atoms with Crippen LogP contribution in [-0.4, -0.2) is 17.0 Å². The molecule has 4 heteroatoms. The number of para-hydroxylation sites is 1. The van der Waals surface area contributed by atoms with Crippen LogP contribution in [0.4, 0.5) is 11.4 Å². The molecule has 0 saturated heterocycles. The number of amides is 1. The number of aliphatic carboxylic acids is 1. The molecule has 3 rings (SSSR count). The van der Waals surface area contributed by atoms with Crippen LogP contribution in [0.5, 0.6) is 0 Å². The summed E-state index contributed by atoms with van der Waals surface area (Å²) in [5, 5.41) is 10.9. The first-order valence-electron chi connectivity index (χ1n) is 8.74. The second kappa shape index (κ2) is 8.30. The number of carbonyl (C=O) groups is 2. The fourth-order valence-electron chi connectivity index (χ4n) is 2.99. The molecule has 0 aliphatic carbocycles. The molecule has 0 saturated carbocycles. The van der Waals surface area contributed by atoms with Crippen LogP contribution in [0.1, 0.15) is 25.7 Å². The molecule has 0 atom stereocenters. The van der Waals surface area contributed by atoms with Gasteiger partial charge in [-0.2, -0.15) is 0 Å². The summed E-state index contributed by atoms with van der Waals surface area (Å²) >= 11 is 0. The Morgan fingerprint density at radius 3 is 2.12 bits per heavy atom. The molecule has 132 valence electrons. The quantitative estimate of drug-likeness (QED) is 0.601. The number of carboxylic acids is 1. The molecular weight excluding hydrogens is 326 g/mol. The predicted molar refractivity (Wildman–Crippen MR) is 104 cm³/mol. The highest BCUT2D eigenvalue weighted by Crippen LogP contribution is 2.29. The van der Waals surface area contributed by atoms with E-state index in [4.69, 9.17) is 5.11 Å². The van der Waals surface area contributed by atoms with Crippen LogP contribution in [0.2, 0.25) is 0 Å². The minimum absolute atomic E-state index is 0.0307. The first-order valence-corrected chi connectivity index (χ1v) is 8.74. The second-order valence-corrected chi connectivity index (χ2v) is 6.20. The molecule has 26 heavy (non-hydrogen) atoms. The molecular formula is C22H21NO3. The molecule has 0 spiro atoms. The van der Waals surface area contributed by atoms with Crippen molar-refractivity contribution in [2.75, 3.05) is 4.90 Å². The third-order valence-electron chi connectivity index (χ3n) is 4.29. The van der Waals surface area contributed by atoms with Gasteiger partial charge in [-0.05, 0) is 47.9 Å². The molecule has 0 aliphatic heterocycles. The van der Waals surface area contributed by atoms with Gasteiger partial charge in [-0.1, -0.05) is 48.5 Å². The summed E-state index contributed by atoms with van der Waals surface area (Å²) in [5.41, 5.74) is 1.63. The first-order chi connectivity index (χ1) is 12.6. The van der Waals surface area contributed by atoms with E-state index < -0.39 is 5.97 Å². The molecule has 4 nitrogen and oxygen atoms in total. The number of hydrogen-bond acceptors (Lipinski definition) is 2. The molecule has 3 aromatic carbocycles. The van der Waals surface area contributed by atoms with E-state index >= 15 is 0 Å². The van der Waals surface area contributed by atoms with Crippen molar-refractivity contribution in [1.29, 1.82) is 0 Å². The minimum Gasteiger partial charge on any atom is -0.481 e. The van der Waals surface area contributed by atoms with Crippen LogP contribution in [-0.2, 0) is 9.59 Å². The number of carboxylic acid groups (broad SMARTS) is 1. The van der Waals surface area contributed by atoms with Gasteiger partial charge in [0.05, 0.1) is 0 Å². The van der Waals surface area contributed by atoms with Crippen molar-refractivity contribution >= 4 is 34.0 Å². The van der Waals surface area contributed by atoms with Crippen molar-refractivity contribution < 1.29 is 14.7 Å². The zero-order chi connectivity index (χ0) is 18.4. The Morgan fingerprint density at radius 1 is 0.731 bits per heavy atom. The Hall–Kier alpha value is -3.14. The van der Waals surface area contributed by atoms with Gasteiger partial charge < -0.3 is 5.11 Å². The Labute approximate surface area is 152 Å². The highest BCUT2D eigenvalue weighted by atomic mass is 16.4. The summed E-state index contributed by atoms with van der Waals surface area (Å²) in [6.45, 7) is 0. The summed E-state index contributed by atoms with van der Waals surface area (Å²) < 4.78 is 0. The SMILES string of the molecule is O=C(O)CCCCC(=O)N(c1ccccc1)c1ccc2ccccc2c1. The van der Waals surface area contributed by atoms with Gasteiger partial charge in [-0.15, -0.1) is 0 Å². The summed E-state index contributed by atoms with van der Waals surface area (Å²) in [4.78, 5) is 25.3. The van der Waals surface area contributed by atoms with Gasteiger partial charge >= 0.3 is 5.97 Å². The topological polar surface area (TPSA) is 57.6 Å². The Kier molecular flexibility index (Phi) is 5.64. The van der Waals surface area contributed by atoms with Gasteiger partial charge in [-0.3, -0.25) is 14.5 Å². The summed E-state index contributed by atoms with van der Waals surface area (Å²) in [6, 6.07) is 23.5. The van der Waals surface area contributed by atoms with Crippen molar-refractivity contribution in [3.8, 4) is 0 Å².